The Morgan fingerprint density at radius 3 is 2.00 bits per heavy atom. The topological polar surface area (TPSA) is 46.8 Å². The average molecular weight is 578 g/mol. The van der Waals surface area contributed by atoms with Crippen LogP contribution in [-0.4, -0.2) is 26.8 Å². The van der Waals surface area contributed by atoms with Gasteiger partial charge in [-0.05, 0) is 35.1 Å². The number of aromatic nitrogens is 4. The van der Waals surface area contributed by atoms with Gasteiger partial charge < -0.3 is 9.79 Å². The number of nitrogens with zero attached hydrogens (tertiary/aromatic N) is 5. The van der Waals surface area contributed by atoms with Crippen molar-refractivity contribution >= 4 is 29.1 Å². The molecule has 6 aromatic rings. The van der Waals surface area contributed by atoms with Gasteiger partial charge >= 0.3 is 20.4 Å². The van der Waals surface area contributed by atoms with Gasteiger partial charge in [-0.3, -0.25) is 0 Å². The molecule has 0 fully saturated rings. The third-order valence-corrected chi connectivity index (χ3v) is 7.26. The average Bonchev–Trinajstić information content (AvgIpc) is 3.52. The van der Waals surface area contributed by atoms with Gasteiger partial charge in [-0.2, -0.15) is 17.6 Å². The molecule has 0 saturated carbocycles. The van der Waals surface area contributed by atoms with Crippen LogP contribution in [0.1, 0.15) is 0 Å². The molecule has 4 heterocycles. The van der Waals surface area contributed by atoms with E-state index in [2.05, 4.69) is 105 Å². The smallest absolute Gasteiger partial charge is 0.381 e. The Hall–Kier alpha value is -4.30. The van der Waals surface area contributed by atoms with Crippen LogP contribution in [0, 0.1) is 12.1 Å². The van der Waals surface area contributed by atoms with Crippen LogP contribution < -0.4 is 15.7 Å². The Morgan fingerprint density at radius 1 is 0.632 bits per heavy atom. The third-order valence-electron chi connectivity index (χ3n) is 7.26. The van der Waals surface area contributed by atoms with Gasteiger partial charge in [0.2, 0.25) is 0 Å². The number of rotatable bonds is 2. The molecule has 38 heavy (non-hydrogen) atoms. The molecule has 5 nitrogen and oxygen atoms in total. The predicted octanol–water partition coefficient (Wildman–Crippen LogP) is 4.83. The molecule has 7 heteroatoms. The molecule has 0 radical (unpaired) electrons. The zero-order valence-electron chi connectivity index (χ0n) is 20.0. The molecule has 0 N–H and O–H groups in total. The van der Waals surface area contributed by atoms with Crippen molar-refractivity contribution in [1.82, 2.24) is 20.0 Å². The summed E-state index contributed by atoms with van der Waals surface area (Å²) in [6.07, 6.45) is 5.37. The fraction of sp³-hybridized carbons (Fsp3) is 0. The predicted molar refractivity (Wildman–Crippen MR) is 147 cm³/mol. The molecular formula is C31H18BN5Pd. The first-order valence-corrected chi connectivity index (χ1v) is 12.3. The van der Waals surface area contributed by atoms with E-state index in [0.717, 1.165) is 27.9 Å². The number of hydrogen-bond donors (Lipinski definition) is 0. The van der Waals surface area contributed by atoms with Crippen molar-refractivity contribution in [2.75, 3.05) is 4.81 Å². The Kier molecular flexibility index (Phi) is 5.36. The first kappa shape index (κ1) is 22.9. The third kappa shape index (κ3) is 3.33. The van der Waals surface area contributed by atoms with Crippen molar-refractivity contribution < 1.29 is 20.4 Å². The summed E-state index contributed by atoms with van der Waals surface area (Å²) in [5.41, 5.74) is 12.0. The summed E-state index contributed by atoms with van der Waals surface area (Å²) in [5.74, 6) is 0. The van der Waals surface area contributed by atoms with Crippen LogP contribution in [0.2, 0.25) is 0 Å². The maximum Gasteiger partial charge on any atom is 2.00 e. The normalized spacial score (nSPS) is 12.4. The minimum absolute atomic E-state index is 0. The number of hydrogen-bond acceptors (Lipinski definition) is 4. The molecular weight excluding hydrogens is 560 g/mol. The summed E-state index contributed by atoms with van der Waals surface area (Å²) >= 11 is 0. The minimum Gasteiger partial charge on any atom is -0.381 e. The van der Waals surface area contributed by atoms with E-state index in [1.807, 2.05) is 30.6 Å². The quantitative estimate of drug-likeness (QED) is 0.219. The monoisotopic (exact) mass is 577 g/mol. The van der Waals surface area contributed by atoms with Crippen LogP contribution in [-0.2, 0) is 20.4 Å². The molecule has 0 spiro atoms. The summed E-state index contributed by atoms with van der Waals surface area (Å²) in [4.78, 5) is 7.04. The largest absolute Gasteiger partial charge is 2.00 e. The second-order valence-electron chi connectivity index (χ2n) is 9.24. The van der Waals surface area contributed by atoms with Gasteiger partial charge in [0.1, 0.15) is 0 Å². The van der Waals surface area contributed by atoms with Crippen molar-refractivity contribution in [1.29, 1.82) is 0 Å². The zero-order valence-corrected chi connectivity index (χ0v) is 21.6. The van der Waals surface area contributed by atoms with Gasteiger partial charge in [-0.15, -0.1) is 51.5 Å². The fourth-order valence-electron chi connectivity index (χ4n) is 5.69. The van der Waals surface area contributed by atoms with Crippen molar-refractivity contribution in [2.24, 2.45) is 0 Å². The Balaban J connectivity index is 0.00000242. The number of anilines is 2. The molecule has 180 valence electrons. The second kappa shape index (κ2) is 8.92. The molecule has 2 aliphatic heterocycles. The van der Waals surface area contributed by atoms with E-state index < -0.39 is 0 Å². The summed E-state index contributed by atoms with van der Waals surface area (Å²) in [6, 6.07) is 39.3. The standard InChI is InChI=1S/C31H18BN5.Pd/c1-3-10-30-25(7-1)23-14-12-21(29-9-5-6-16-33-29)19-27(23)32-28-20-22(36-18-17-34-35-36)13-15-24(28)26-8-2-4-11-31(26)37(30)32;/h1-18H;/q-2;+2. The summed E-state index contributed by atoms with van der Waals surface area (Å²) in [7, 11) is 0. The first-order valence-electron chi connectivity index (χ1n) is 12.3. The van der Waals surface area contributed by atoms with Crippen molar-refractivity contribution in [3.05, 3.63) is 122 Å². The van der Waals surface area contributed by atoms with E-state index in [1.165, 1.54) is 33.6 Å². The minimum atomic E-state index is -0.109. The van der Waals surface area contributed by atoms with E-state index in [0.29, 0.717) is 0 Å². The molecule has 0 atom stereocenters. The molecule has 0 saturated heterocycles. The van der Waals surface area contributed by atoms with E-state index >= 15 is 0 Å². The molecule has 0 bridgehead atoms. The molecule has 4 aromatic carbocycles. The Labute approximate surface area is 234 Å². The van der Waals surface area contributed by atoms with E-state index in [4.69, 9.17) is 0 Å². The number of para-hydroxylation sites is 2. The maximum absolute atomic E-state index is 4.60. The van der Waals surface area contributed by atoms with Gasteiger partial charge in [0.05, 0.1) is 6.20 Å². The van der Waals surface area contributed by atoms with Crippen LogP contribution in [0.5, 0.6) is 0 Å². The van der Waals surface area contributed by atoms with Gasteiger partial charge in [-0.1, -0.05) is 59.3 Å². The number of fused-ring (bicyclic) bond motifs is 11. The van der Waals surface area contributed by atoms with E-state index in [1.54, 1.807) is 10.9 Å². The first-order chi connectivity index (χ1) is 18.4. The fourth-order valence-corrected chi connectivity index (χ4v) is 5.69. The molecule has 2 aliphatic rings. The second-order valence-corrected chi connectivity index (χ2v) is 9.24. The molecule has 0 amide bonds. The van der Waals surface area contributed by atoms with Crippen LogP contribution >= 0.6 is 0 Å². The summed E-state index contributed by atoms with van der Waals surface area (Å²) in [5, 5.41) is 8.23. The van der Waals surface area contributed by atoms with Crippen LogP contribution in [0.15, 0.2) is 110 Å². The maximum atomic E-state index is 4.60. The van der Waals surface area contributed by atoms with E-state index in [-0.39, 0.29) is 27.3 Å². The summed E-state index contributed by atoms with van der Waals surface area (Å²) in [6.45, 7) is -0.109. The van der Waals surface area contributed by atoms with Gasteiger partial charge in [0, 0.05) is 23.8 Å². The van der Waals surface area contributed by atoms with Crippen LogP contribution in [0.3, 0.4) is 0 Å². The van der Waals surface area contributed by atoms with Crippen molar-refractivity contribution in [3.63, 3.8) is 0 Å². The van der Waals surface area contributed by atoms with E-state index in [9.17, 15) is 0 Å². The number of pyridine rings is 1. The molecule has 0 aliphatic carbocycles. The SMILES string of the molecule is [Pd+2].[c-]1c(-c2ccccn2)ccc2c1B1c3[c-]c(-n4ccnn4)ccc3-c3ccccc3N1c1ccccc1-2. The van der Waals surface area contributed by atoms with Crippen LogP contribution in [0.25, 0.3) is 39.2 Å². The Morgan fingerprint density at radius 2 is 1.32 bits per heavy atom. The molecule has 2 aromatic heterocycles. The molecule has 0 unspecified atom stereocenters. The van der Waals surface area contributed by atoms with Crippen LogP contribution in [0.4, 0.5) is 11.4 Å². The summed E-state index contributed by atoms with van der Waals surface area (Å²) < 4.78 is 1.76. The number of benzene rings is 4. The van der Waals surface area contributed by atoms with Gasteiger partial charge in [0.15, 0.2) is 0 Å². The molecule has 8 rings (SSSR count). The van der Waals surface area contributed by atoms with Gasteiger partial charge in [0.25, 0.3) is 6.85 Å². The van der Waals surface area contributed by atoms with Gasteiger partial charge in [-0.25, -0.2) is 4.68 Å². The Bertz CT molecular complexity index is 1800. The zero-order chi connectivity index (χ0) is 24.3. The van der Waals surface area contributed by atoms with Crippen molar-refractivity contribution in [2.45, 2.75) is 0 Å². The van der Waals surface area contributed by atoms with Crippen molar-refractivity contribution in [3.8, 4) is 39.2 Å².